The Kier molecular flexibility index (Phi) is 4.54. The molecule has 0 spiro atoms. The number of nitrogens with zero attached hydrogens (tertiary/aromatic N) is 1. The van der Waals surface area contributed by atoms with Crippen molar-refractivity contribution in [2.45, 2.75) is 22.6 Å². The Labute approximate surface area is 209 Å². The van der Waals surface area contributed by atoms with E-state index in [1.807, 2.05) is 42.5 Å². The highest BCUT2D eigenvalue weighted by atomic mass is 32.2. The molecule has 9 heteroatoms. The topological polar surface area (TPSA) is 99.7 Å². The standard InChI is InChI=1S/C26H22N2O5S2/c1-33-16-9-11(7-8-15(16)29)17-18-13-10-14(21(18)34-23-22(17)35-26(32)27-23)20-19(13)24(30)28(25(20)31)12-5-3-2-4-6-12/h2-9,13-14,17-21,29H,10H2,1H3,(H,27,32). The number of thioether (sulfide) groups is 1. The van der Waals surface area contributed by atoms with Crippen molar-refractivity contribution in [2.75, 3.05) is 12.0 Å². The minimum Gasteiger partial charge on any atom is -0.504 e. The number of methoxy groups -OCH3 is 1. The molecule has 0 radical (unpaired) electrons. The van der Waals surface area contributed by atoms with E-state index in [0.717, 1.165) is 21.9 Å². The predicted molar refractivity (Wildman–Crippen MR) is 132 cm³/mol. The van der Waals surface area contributed by atoms with Crippen LogP contribution in [-0.4, -0.2) is 34.3 Å². The quantitative estimate of drug-likeness (QED) is 0.524. The van der Waals surface area contributed by atoms with Crippen molar-refractivity contribution in [1.82, 2.24) is 4.98 Å². The number of benzene rings is 2. The molecule has 2 saturated carbocycles. The van der Waals surface area contributed by atoms with Crippen molar-refractivity contribution in [3.8, 4) is 11.5 Å². The van der Waals surface area contributed by atoms with Crippen LogP contribution in [0, 0.1) is 29.6 Å². The lowest BCUT2D eigenvalue weighted by Gasteiger charge is -2.43. The summed E-state index contributed by atoms with van der Waals surface area (Å²) in [6.07, 6.45) is 0.836. The number of amides is 2. The van der Waals surface area contributed by atoms with Crippen LogP contribution in [0.15, 0.2) is 58.4 Å². The molecule has 35 heavy (non-hydrogen) atoms. The number of nitrogens with one attached hydrogen (secondary N) is 1. The molecule has 1 saturated heterocycles. The zero-order valence-corrected chi connectivity index (χ0v) is 20.3. The van der Waals surface area contributed by atoms with Gasteiger partial charge < -0.3 is 14.8 Å². The van der Waals surface area contributed by atoms with Crippen LogP contribution in [0.4, 0.5) is 5.69 Å². The van der Waals surface area contributed by atoms with Gasteiger partial charge in [0.2, 0.25) is 11.8 Å². The van der Waals surface area contributed by atoms with Crippen LogP contribution in [0.2, 0.25) is 0 Å². The third-order valence-corrected chi connectivity index (χ3v) is 10.9. The summed E-state index contributed by atoms with van der Waals surface area (Å²) in [5.74, 6) is -0.301. The number of para-hydroxylation sites is 1. The molecular weight excluding hydrogens is 484 g/mol. The Hall–Kier alpha value is -3.04. The largest absolute Gasteiger partial charge is 0.504 e. The van der Waals surface area contributed by atoms with Crippen molar-refractivity contribution in [1.29, 1.82) is 0 Å². The van der Waals surface area contributed by atoms with E-state index in [2.05, 4.69) is 4.98 Å². The SMILES string of the molecule is COc1cc(C2c3sc(=O)[nH]c3SC3C4CC(C5C(=O)N(c6ccccc6)C(=O)C45)C23)ccc1O. The molecule has 2 aliphatic heterocycles. The van der Waals surface area contributed by atoms with Crippen molar-refractivity contribution < 1.29 is 19.4 Å². The number of phenols is 1. The molecule has 2 aromatic carbocycles. The number of fused-ring (bicyclic) bond motifs is 9. The first-order valence-corrected chi connectivity index (χ1v) is 13.4. The molecule has 3 fully saturated rings. The molecule has 3 aromatic rings. The Balaban J connectivity index is 1.34. The van der Waals surface area contributed by atoms with Crippen LogP contribution in [-0.2, 0) is 9.59 Å². The average molecular weight is 507 g/mol. The number of ether oxygens (including phenoxy) is 1. The molecule has 7 atom stereocenters. The van der Waals surface area contributed by atoms with E-state index in [1.54, 1.807) is 17.8 Å². The summed E-state index contributed by atoms with van der Waals surface area (Å²) in [6.45, 7) is 0. The van der Waals surface area contributed by atoms with Gasteiger partial charge in [0.05, 0.1) is 29.7 Å². The predicted octanol–water partition coefficient (Wildman–Crippen LogP) is 3.83. The van der Waals surface area contributed by atoms with E-state index in [1.165, 1.54) is 23.3 Å². The fraction of sp³-hybridized carbons (Fsp3) is 0.346. The monoisotopic (exact) mass is 506 g/mol. The molecule has 7 unspecified atom stereocenters. The maximum Gasteiger partial charge on any atom is 0.305 e. The lowest BCUT2D eigenvalue weighted by Crippen LogP contribution is -2.42. The van der Waals surface area contributed by atoms with Gasteiger partial charge in [-0.15, -0.1) is 11.8 Å². The van der Waals surface area contributed by atoms with Gasteiger partial charge in [-0.1, -0.05) is 35.6 Å². The van der Waals surface area contributed by atoms with E-state index in [-0.39, 0.29) is 63.2 Å². The minimum absolute atomic E-state index is 0.0443. The number of anilines is 1. The highest BCUT2D eigenvalue weighted by Crippen LogP contribution is 2.68. The number of aromatic amines is 1. The van der Waals surface area contributed by atoms with Crippen LogP contribution in [0.3, 0.4) is 0 Å². The summed E-state index contributed by atoms with van der Waals surface area (Å²) in [7, 11) is 1.52. The Bertz CT molecular complexity index is 1430. The third kappa shape index (κ3) is 2.82. The maximum absolute atomic E-state index is 13.7. The van der Waals surface area contributed by atoms with Crippen LogP contribution in [0.1, 0.15) is 22.8 Å². The molecule has 2 amide bonds. The zero-order chi connectivity index (χ0) is 24.0. The number of phenolic OH excluding ortho intramolecular Hbond substituents is 1. The first-order chi connectivity index (χ1) is 17.0. The van der Waals surface area contributed by atoms with Gasteiger partial charge in [0.25, 0.3) is 0 Å². The van der Waals surface area contributed by atoms with Crippen molar-refractivity contribution in [3.63, 3.8) is 0 Å². The molecule has 7 nitrogen and oxygen atoms in total. The Morgan fingerprint density at radius 1 is 1.03 bits per heavy atom. The molecule has 3 heterocycles. The van der Waals surface area contributed by atoms with Crippen molar-refractivity contribution in [2.24, 2.45) is 29.6 Å². The van der Waals surface area contributed by atoms with Crippen LogP contribution in [0.5, 0.6) is 11.5 Å². The molecule has 2 bridgehead atoms. The van der Waals surface area contributed by atoms with Gasteiger partial charge in [-0.3, -0.25) is 19.3 Å². The minimum atomic E-state index is -0.340. The van der Waals surface area contributed by atoms with E-state index >= 15 is 0 Å². The molecule has 2 N–H and O–H groups in total. The second-order valence-electron chi connectivity index (χ2n) is 9.74. The number of imide groups is 1. The number of thiazole rings is 1. The summed E-state index contributed by atoms with van der Waals surface area (Å²) < 4.78 is 5.38. The van der Waals surface area contributed by atoms with E-state index < -0.39 is 0 Å². The van der Waals surface area contributed by atoms with E-state index in [4.69, 9.17) is 4.74 Å². The third-order valence-electron chi connectivity index (χ3n) is 8.30. The summed E-state index contributed by atoms with van der Waals surface area (Å²) in [6, 6.07) is 14.5. The van der Waals surface area contributed by atoms with Crippen molar-refractivity contribution in [3.05, 3.63) is 68.6 Å². The van der Waals surface area contributed by atoms with Crippen LogP contribution < -0.4 is 14.5 Å². The summed E-state index contributed by atoms with van der Waals surface area (Å²) in [5.41, 5.74) is 1.59. The number of carbonyl (C=O) groups excluding carboxylic acids is 2. The highest BCUT2D eigenvalue weighted by Gasteiger charge is 2.69. The van der Waals surface area contributed by atoms with Gasteiger partial charge in [0.15, 0.2) is 11.5 Å². The lowest BCUT2D eigenvalue weighted by molar-refractivity contribution is -0.123. The number of rotatable bonds is 3. The van der Waals surface area contributed by atoms with Gasteiger partial charge in [0.1, 0.15) is 0 Å². The fourth-order valence-corrected chi connectivity index (χ4v) is 10.00. The maximum atomic E-state index is 13.7. The number of aromatic hydroxyl groups is 1. The summed E-state index contributed by atoms with van der Waals surface area (Å²) >= 11 is 2.88. The van der Waals surface area contributed by atoms with Gasteiger partial charge in [-0.25, -0.2) is 0 Å². The Morgan fingerprint density at radius 2 is 1.77 bits per heavy atom. The molecule has 7 rings (SSSR count). The lowest BCUT2D eigenvalue weighted by atomic mass is 9.68. The summed E-state index contributed by atoms with van der Waals surface area (Å²) in [5, 5.41) is 11.2. The van der Waals surface area contributed by atoms with Crippen molar-refractivity contribution >= 4 is 40.6 Å². The second kappa shape index (κ2) is 7.48. The van der Waals surface area contributed by atoms with E-state index in [9.17, 15) is 19.5 Å². The fourth-order valence-electron chi connectivity index (χ4n) is 7.11. The van der Waals surface area contributed by atoms with Gasteiger partial charge in [-0.05, 0) is 54.0 Å². The zero-order valence-electron chi connectivity index (χ0n) is 18.7. The number of H-pyrrole nitrogens is 1. The van der Waals surface area contributed by atoms with Crippen LogP contribution >= 0.6 is 23.1 Å². The van der Waals surface area contributed by atoms with Gasteiger partial charge in [0, 0.05) is 16.0 Å². The smallest absolute Gasteiger partial charge is 0.305 e. The molecular formula is C26H22N2O5S2. The normalized spacial score (nSPS) is 32.5. The van der Waals surface area contributed by atoms with E-state index in [0.29, 0.717) is 11.4 Å². The number of carbonyl (C=O) groups is 2. The summed E-state index contributed by atoms with van der Waals surface area (Å²) in [4.78, 5) is 44.9. The van der Waals surface area contributed by atoms with Gasteiger partial charge in [-0.2, -0.15) is 0 Å². The highest BCUT2D eigenvalue weighted by molar-refractivity contribution is 8.00. The number of hydrogen-bond acceptors (Lipinski definition) is 7. The molecule has 178 valence electrons. The average Bonchev–Trinajstić information content (AvgIpc) is 3.59. The molecule has 4 aliphatic rings. The van der Waals surface area contributed by atoms with Gasteiger partial charge >= 0.3 is 4.87 Å². The first kappa shape index (κ1) is 21.3. The second-order valence-corrected chi connectivity index (χ2v) is 11.9. The van der Waals surface area contributed by atoms with Crippen LogP contribution in [0.25, 0.3) is 0 Å². The first-order valence-electron chi connectivity index (χ1n) is 11.7. The number of aromatic nitrogens is 1. The molecule has 1 aromatic heterocycles. The Morgan fingerprint density at radius 3 is 2.51 bits per heavy atom. The number of hydrogen-bond donors (Lipinski definition) is 2. The molecule has 2 aliphatic carbocycles.